The minimum Gasteiger partial charge on any atom is -0.462 e. The molecule has 0 unspecified atom stereocenters. The maximum atomic E-state index is 11.5. The van der Waals surface area contributed by atoms with Crippen molar-refractivity contribution in [2.45, 2.75) is 13.8 Å². The van der Waals surface area contributed by atoms with E-state index in [0.29, 0.717) is 0 Å². The van der Waals surface area contributed by atoms with Crippen molar-refractivity contribution in [2.24, 2.45) is 11.5 Å². The molecule has 0 fully saturated rings. The first-order valence-corrected chi connectivity index (χ1v) is 6.61. The number of carbonyl (C=O) groups is 3. The van der Waals surface area contributed by atoms with Crippen LogP contribution in [-0.4, -0.2) is 31.2 Å². The summed E-state index contributed by atoms with van der Waals surface area (Å²) in [4.78, 5) is 32.1. The van der Waals surface area contributed by atoms with Gasteiger partial charge >= 0.3 is 18.0 Å². The van der Waals surface area contributed by atoms with Crippen LogP contribution in [0.25, 0.3) is 0 Å². The monoisotopic (exact) mass is 334 g/mol. The van der Waals surface area contributed by atoms with E-state index in [9.17, 15) is 9.59 Å². The third-order valence-electron chi connectivity index (χ3n) is 1.97. The Balaban J connectivity index is 0. The molecule has 128 valence electrons. The molecule has 0 aliphatic carbocycles. The number of carbonyl (C=O) groups excluding carboxylic acids is 3. The van der Waals surface area contributed by atoms with Gasteiger partial charge < -0.3 is 20.9 Å². The SMILES string of the molecule is CCOC(=O)c1ccccc1C(=O)OCC.N#CC#N.NC(N)=O. The number of amides is 2. The maximum Gasteiger partial charge on any atom is 0.338 e. The number of hydrogen-bond acceptors (Lipinski definition) is 7. The van der Waals surface area contributed by atoms with Crippen LogP contribution in [0.1, 0.15) is 34.6 Å². The number of nitriles is 2. The van der Waals surface area contributed by atoms with Crippen LogP contribution in [0, 0.1) is 22.7 Å². The molecule has 1 aromatic rings. The van der Waals surface area contributed by atoms with Crippen molar-refractivity contribution in [1.82, 2.24) is 0 Å². The van der Waals surface area contributed by atoms with Crippen LogP contribution in [0.4, 0.5) is 4.79 Å². The van der Waals surface area contributed by atoms with Gasteiger partial charge in [0.25, 0.3) is 0 Å². The molecule has 0 saturated heterocycles. The quantitative estimate of drug-likeness (QED) is 0.776. The van der Waals surface area contributed by atoms with E-state index in [1.54, 1.807) is 38.1 Å². The Hall–Kier alpha value is -3.59. The van der Waals surface area contributed by atoms with E-state index in [1.165, 1.54) is 12.1 Å². The summed E-state index contributed by atoms with van der Waals surface area (Å²) in [5, 5.41) is 14.5. The van der Waals surface area contributed by atoms with Crippen molar-refractivity contribution < 1.29 is 23.9 Å². The largest absolute Gasteiger partial charge is 0.462 e. The van der Waals surface area contributed by atoms with Crippen molar-refractivity contribution in [3.05, 3.63) is 35.4 Å². The van der Waals surface area contributed by atoms with Gasteiger partial charge in [-0.1, -0.05) is 12.1 Å². The molecule has 1 rings (SSSR count). The number of rotatable bonds is 4. The molecule has 24 heavy (non-hydrogen) atoms. The fourth-order valence-electron chi connectivity index (χ4n) is 1.26. The summed E-state index contributed by atoms with van der Waals surface area (Å²) in [5.74, 6) is -1.02. The highest BCUT2D eigenvalue weighted by Gasteiger charge is 2.17. The minimum absolute atomic E-state index is 0.239. The first-order valence-electron chi connectivity index (χ1n) is 6.61. The molecule has 0 saturated carbocycles. The first kappa shape index (κ1) is 22.7. The Bertz CT molecular complexity index is 578. The Morgan fingerprint density at radius 2 is 1.21 bits per heavy atom. The molecule has 0 aliphatic rings. The van der Waals surface area contributed by atoms with E-state index in [2.05, 4.69) is 11.5 Å². The molecular weight excluding hydrogens is 316 g/mol. The average molecular weight is 334 g/mol. The predicted octanol–water partition coefficient (Wildman–Crippen LogP) is 1.10. The van der Waals surface area contributed by atoms with Crippen molar-refractivity contribution in [1.29, 1.82) is 10.5 Å². The van der Waals surface area contributed by atoms with Crippen LogP contribution in [-0.2, 0) is 9.47 Å². The lowest BCUT2D eigenvalue weighted by Gasteiger charge is -2.07. The Morgan fingerprint density at radius 3 is 1.42 bits per heavy atom. The van der Waals surface area contributed by atoms with Gasteiger partial charge in [0.1, 0.15) is 0 Å². The van der Waals surface area contributed by atoms with Gasteiger partial charge in [0.05, 0.1) is 24.3 Å². The number of primary amides is 2. The second-order valence-corrected chi connectivity index (χ2v) is 3.61. The molecule has 0 bridgehead atoms. The van der Waals surface area contributed by atoms with Gasteiger partial charge in [-0.15, -0.1) is 0 Å². The molecule has 0 aliphatic heterocycles. The molecule has 0 atom stereocenters. The van der Waals surface area contributed by atoms with Crippen LogP contribution in [0.5, 0.6) is 0 Å². The standard InChI is InChI=1S/C12H14O4.C2N2.CH4N2O/c1-3-15-11(13)9-7-5-6-8-10(9)12(14)16-4-2;3-1-2-4;2-1(3)4/h5-8H,3-4H2,1-2H3;;(H4,2,3,4). The van der Waals surface area contributed by atoms with E-state index in [1.807, 2.05) is 0 Å². The molecule has 0 heterocycles. The van der Waals surface area contributed by atoms with Gasteiger partial charge in [0.15, 0.2) is 12.1 Å². The lowest BCUT2D eigenvalue weighted by Crippen LogP contribution is -2.18. The van der Waals surface area contributed by atoms with Crippen molar-refractivity contribution >= 4 is 18.0 Å². The van der Waals surface area contributed by atoms with Gasteiger partial charge in [0, 0.05) is 0 Å². The molecule has 9 heteroatoms. The molecule has 0 aromatic heterocycles. The van der Waals surface area contributed by atoms with Crippen molar-refractivity contribution in [3.8, 4) is 12.1 Å². The number of urea groups is 1. The number of nitrogens with zero attached hydrogens (tertiary/aromatic N) is 2. The number of ether oxygens (including phenoxy) is 2. The van der Waals surface area contributed by atoms with Crippen LogP contribution in [0.15, 0.2) is 24.3 Å². The number of benzene rings is 1. The van der Waals surface area contributed by atoms with Crippen molar-refractivity contribution in [3.63, 3.8) is 0 Å². The summed E-state index contributed by atoms with van der Waals surface area (Å²) >= 11 is 0. The molecular formula is C15H18N4O5. The smallest absolute Gasteiger partial charge is 0.338 e. The minimum atomic E-state index is -0.833. The van der Waals surface area contributed by atoms with Crippen molar-refractivity contribution in [2.75, 3.05) is 13.2 Å². The lowest BCUT2D eigenvalue weighted by atomic mass is 10.1. The third-order valence-corrected chi connectivity index (χ3v) is 1.97. The normalized spacial score (nSPS) is 7.83. The third kappa shape index (κ3) is 11.1. The summed E-state index contributed by atoms with van der Waals surface area (Å²) < 4.78 is 9.70. The highest BCUT2D eigenvalue weighted by atomic mass is 16.5. The van der Waals surface area contributed by atoms with Gasteiger partial charge in [-0.3, -0.25) is 0 Å². The second-order valence-electron chi connectivity index (χ2n) is 3.61. The summed E-state index contributed by atoms with van der Waals surface area (Å²) in [5.41, 5.74) is 8.98. The Kier molecular flexibility index (Phi) is 13.6. The zero-order valence-electron chi connectivity index (χ0n) is 13.3. The van der Waals surface area contributed by atoms with Gasteiger partial charge in [-0.05, 0) is 26.0 Å². The van der Waals surface area contributed by atoms with E-state index >= 15 is 0 Å². The average Bonchev–Trinajstić information content (AvgIpc) is 2.55. The predicted molar refractivity (Wildman–Crippen MR) is 83.4 cm³/mol. The van der Waals surface area contributed by atoms with E-state index in [0.717, 1.165) is 0 Å². The highest BCUT2D eigenvalue weighted by Crippen LogP contribution is 2.11. The highest BCUT2D eigenvalue weighted by molar-refractivity contribution is 6.03. The van der Waals surface area contributed by atoms with Gasteiger partial charge in [-0.2, -0.15) is 10.5 Å². The summed E-state index contributed by atoms with van der Waals surface area (Å²) in [6.07, 6.45) is 0. The zero-order chi connectivity index (χ0) is 19.0. The molecule has 4 N–H and O–H groups in total. The topological polar surface area (TPSA) is 169 Å². The molecule has 0 spiro atoms. The number of hydrogen-bond donors (Lipinski definition) is 2. The summed E-state index contributed by atoms with van der Waals surface area (Å²) in [7, 11) is 0. The van der Waals surface area contributed by atoms with Crippen LogP contribution in [0.3, 0.4) is 0 Å². The van der Waals surface area contributed by atoms with Gasteiger partial charge in [0.2, 0.25) is 0 Å². The molecule has 0 radical (unpaired) electrons. The van der Waals surface area contributed by atoms with Gasteiger partial charge in [-0.25, -0.2) is 14.4 Å². The number of esters is 2. The zero-order valence-corrected chi connectivity index (χ0v) is 13.3. The second kappa shape index (κ2) is 14.4. The fourth-order valence-corrected chi connectivity index (χ4v) is 1.26. The van der Waals surface area contributed by atoms with Crippen LogP contribution in [0.2, 0.25) is 0 Å². The van der Waals surface area contributed by atoms with E-state index in [-0.39, 0.29) is 24.3 Å². The molecule has 9 nitrogen and oxygen atoms in total. The van der Waals surface area contributed by atoms with E-state index < -0.39 is 18.0 Å². The Labute approximate surface area is 139 Å². The summed E-state index contributed by atoms with van der Waals surface area (Å²) in [6.45, 7) is 3.97. The molecule has 1 aromatic carbocycles. The fraction of sp³-hybridized carbons (Fsp3) is 0.267. The first-order chi connectivity index (χ1) is 11.3. The molecule has 2 amide bonds. The maximum absolute atomic E-state index is 11.5. The Morgan fingerprint density at radius 1 is 0.917 bits per heavy atom. The number of nitrogens with two attached hydrogens (primary N) is 2. The summed E-state index contributed by atoms with van der Waals surface area (Å²) in [6, 6.07) is 8.08. The van der Waals surface area contributed by atoms with Crippen LogP contribution < -0.4 is 11.5 Å². The van der Waals surface area contributed by atoms with E-state index in [4.69, 9.17) is 24.8 Å². The van der Waals surface area contributed by atoms with Crippen LogP contribution >= 0.6 is 0 Å². The lowest BCUT2D eigenvalue weighted by molar-refractivity contribution is 0.0479.